The normalized spacial score (nSPS) is 12.1. The molecule has 0 aliphatic carbocycles. The molecular weight excluding hydrogens is 262 g/mol. The molecule has 2 aromatic rings. The van der Waals surface area contributed by atoms with E-state index < -0.39 is 11.9 Å². The molecule has 0 saturated heterocycles. The number of aromatic amines is 1. The van der Waals surface area contributed by atoms with Gasteiger partial charge in [-0.2, -0.15) is 10.3 Å². The molecular formula is C11H15N7O2. The average molecular weight is 277 g/mol. The van der Waals surface area contributed by atoms with E-state index in [2.05, 4.69) is 31.0 Å². The summed E-state index contributed by atoms with van der Waals surface area (Å²) in [5.74, 6) is -0.0209. The van der Waals surface area contributed by atoms with Crippen LogP contribution in [0.2, 0.25) is 0 Å². The molecule has 9 nitrogen and oxygen atoms in total. The van der Waals surface area contributed by atoms with Gasteiger partial charge >= 0.3 is 0 Å². The molecule has 0 radical (unpaired) electrons. The van der Waals surface area contributed by atoms with Crippen molar-refractivity contribution in [2.45, 2.75) is 32.9 Å². The minimum atomic E-state index is -0.408. The fraction of sp³-hybridized carbons (Fsp3) is 0.455. The minimum absolute atomic E-state index is 0.174. The van der Waals surface area contributed by atoms with Crippen LogP contribution in [0.3, 0.4) is 0 Å². The summed E-state index contributed by atoms with van der Waals surface area (Å²) in [5, 5.41) is 20.0. The number of tetrazole rings is 1. The van der Waals surface area contributed by atoms with E-state index in [1.807, 2.05) is 6.92 Å². The van der Waals surface area contributed by atoms with E-state index in [1.54, 1.807) is 6.92 Å². The third-order valence-electron chi connectivity index (χ3n) is 2.63. The Kier molecular flexibility index (Phi) is 4.18. The summed E-state index contributed by atoms with van der Waals surface area (Å²) in [6, 6.07) is 2.32. The van der Waals surface area contributed by atoms with Crippen LogP contribution in [-0.4, -0.2) is 36.3 Å². The molecule has 2 aromatic heterocycles. The van der Waals surface area contributed by atoms with Gasteiger partial charge in [-0.05, 0) is 19.4 Å². The van der Waals surface area contributed by atoms with Gasteiger partial charge < -0.3 is 5.32 Å². The second-order valence-electron chi connectivity index (χ2n) is 4.25. The summed E-state index contributed by atoms with van der Waals surface area (Å²) >= 11 is 0. The highest BCUT2D eigenvalue weighted by molar-refractivity contribution is 5.92. The van der Waals surface area contributed by atoms with Crippen LogP contribution in [0.15, 0.2) is 16.9 Å². The lowest BCUT2D eigenvalue weighted by atomic mass is 10.3. The zero-order valence-corrected chi connectivity index (χ0v) is 11.2. The van der Waals surface area contributed by atoms with Crippen molar-refractivity contribution < 1.29 is 4.79 Å². The standard InChI is InChI=1S/C11H15N7O2/c1-3-6-18-9(19)5-4-8(15-18)11(20)12-7(2)10-13-16-17-14-10/h4-5,7H,3,6H2,1-2H3,(H,12,20)(H,13,14,16,17). The van der Waals surface area contributed by atoms with Crippen LogP contribution < -0.4 is 10.9 Å². The molecule has 0 saturated carbocycles. The Balaban J connectivity index is 2.13. The Morgan fingerprint density at radius 2 is 2.30 bits per heavy atom. The molecule has 0 aromatic carbocycles. The van der Waals surface area contributed by atoms with Gasteiger partial charge in [0.1, 0.15) is 5.69 Å². The second-order valence-corrected chi connectivity index (χ2v) is 4.25. The molecule has 2 heterocycles. The van der Waals surface area contributed by atoms with Crippen molar-refractivity contribution in [2.75, 3.05) is 0 Å². The first-order chi connectivity index (χ1) is 9.61. The third kappa shape index (κ3) is 3.05. The van der Waals surface area contributed by atoms with Gasteiger partial charge in [-0.3, -0.25) is 9.59 Å². The number of rotatable bonds is 5. The molecule has 0 aliphatic rings. The maximum atomic E-state index is 12.0. The molecule has 106 valence electrons. The van der Waals surface area contributed by atoms with Crippen molar-refractivity contribution >= 4 is 5.91 Å². The summed E-state index contributed by atoms with van der Waals surface area (Å²) in [5.41, 5.74) is -0.0528. The Morgan fingerprint density at radius 1 is 1.50 bits per heavy atom. The van der Waals surface area contributed by atoms with Crippen molar-refractivity contribution in [2.24, 2.45) is 0 Å². The summed E-state index contributed by atoms with van der Waals surface area (Å²) in [6.45, 7) is 4.13. The molecule has 0 aliphatic heterocycles. The lowest BCUT2D eigenvalue weighted by molar-refractivity contribution is 0.0930. The van der Waals surface area contributed by atoms with Crippen LogP contribution in [0.25, 0.3) is 0 Å². The molecule has 1 amide bonds. The summed E-state index contributed by atoms with van der Waals surface area (Å²) < 4.78 is 1.27. The lowest BCUT2D eigenvalue weighted by Crippen LogP contribution is -2.31. The number of carbonyl (C=O) groups excluding carboxylic acids is 1. The van der Waals surface area contributed by atoms with Gasteiger partial charge in [0.25, 0.3) is 11.5 Å². The van der Waals surface area contributed by atoms with E-state index in [9.17, 15) is 9.59 Å². The van der Waals surface area contributed by atoms with Gasteiger partial charge in [-0.1, -0.05) is 12.1 Å². The number of nitrogens with zero attached hydrogens (tertiary/aromatic N) is 5. The SMILES string of the molecule is CCCn1nc(C(=O)NC(C)c2nn[nH]n2)ccc1=O. The monoisotopic (exact) mass is 277 g/mol. The highest BCUT2D eigenvalue weighted by atomic mass is 16.2. The van der Waals surface area contributed by atoms with Crippen LogP contribution >= 0.6 is 0 Å². The first-order valence-corrected chi connectivity index (χ1v) is 6.24. The van der Waals surface area contributed by atoms with Crippen LogP contribution in [-0.2, 0) is 6.54 Å². The molecule has 0 bridgehead atoms. The Morgan fingerprint density at radius 3 is 2.95 bits per heavy atom. The van der Waals surface area contributed by atoms with E-state index in [1.165, 1.54) is 16.8 Å². The van der Waals surface area contributed by atoms with E-state index >= 15 is 0 Å². The Labute approximate surface area is 114 Å². The number of nitrogens with one attached hydrogen (secondary N) is 2. The van der Waals surface area contributed by atoms with Gasteiger partial charge in [0.2, 0.25) is 0 Å². The number of amides is 1. The summed E-state index contributed by atoms with van der Waals surface area (Å²) in [6.07, 6.45) is 0.761. The van der Waals surface area contributed by atoms with Crippen LogP contribution in [0, 0.1) is 0 Å². The van der Waals surface area contributed by atoms with E-state index in [0.29, 0.717) is 12.4 Å². The molecule has 0 fully saturated rings. The van der Waals surface area contributed by atoms with Gasteiger partial charge in [0.15, 0.2) is 5.82 Å². The van der Waals surface area contributed by atoms with Crippen LogP contribution in [0.4, 0.5) is 0 Å². The second kappa shape index (κ2) is 6.04. The number of hydrogen-bond acceptors (Lipinski definition) is 6. The quantitative estimate of drug-likeness (QED) is 0.771. The molecule has 2 rings (SSSR count). The topological polar surface area (TPSA) is 118 Å². The predicted octanol–water partition coefficient (Wildman–Crippen LogP) is -0.343. The van der Waals surface area contributed by atoms with Crippen molar-refractivity contribution in [3.8, 4) is 0 Å². The van der Waals surface area contributed by atoms with Crippen LogP contribution in [0.1, 0.15) is 42.6 Å². The summed E-state index contributed by atoms with van der Waals surface area (Å²) in [4.78, 5) is 23.6. The third-order valence-corrected chi connectivity index (χ3v) is 2.63. The zero-order valence-electron chi connectivity index (χ0n) is 11.2. The highest BCUT2D eigenvalue weighted by Gasteiger charge is 2.16. The Bertz CT molecular complexity index is 634. The smallest absolute Gasteiger partial charge is 0.272 e. The maximum Gasteiger partial charge on any atom is 0.272 e. The van der Waals surface area contributed by atoms with Crippen molar-refractivity contribution in [3.05, 3.63) is 34.0 Å². The molecule has 20 heavy (non-hydrogen) atoms. The van der Waals surface area contributed by atoms with E-state index in [4.69, 9.17) is 0 Å². The van der Waals surface area contributed by atoms with E-state index in [-0.39, 0.29) is 11.3 Å². The number of aryl methyl sites for hydroxylation is 1. The van der Waals surface area contributed by atoms with E-state index in [0.717, 1.165) is 6.42 Å². The van der Waals surface area contributed by atoms with Crippen molar-refractivity contribution in [3.63, 3.8) is 0 Å². The zero-order chi connectivity index (χ0) is 14.5. The molecule has 9 heteroatoms. The number of hydrogen-bond donors (Lipinski definition) is 2. The first kappa shape index (κ1) is 13.8. The molecule has 1 unspecified atom stereocenters. The maximum absolute atomic E-state index is 12.0. The van der Waals surface area contributed by atoms with Crippen molar-refractivity contribution in [1.82, 2.24) is 35.7 Å². The van der Waals surface area contributed by atoms with Gasteiger partial charge in [0, 0.05) is 12.6 Å². The van der Waals surface area contributed by atoms with Gasteiger partial charge in [-0.15, -0.1) is 10.2 Å². The Hall–Kier alpha value is -2.58. The lowest BCUT2D eigenvalue weighted by Gasteiger charge is -2.10. The fourth-order valence-corrected chi connectivity index (χ4v) is 1.63. The molecule has 1 atom stereocenters. The molecule has 0 spiro atoms. The number of carbonyl (C=O) groups is 1. The van der Waals surface area contributed by atoms with Crippen LogP contribution in [0.5, 0.6) is 0 Å². The minimum Gasteiger partial charge on any atom is -0.341 e. The molecule has 2 N–H and O–H groups in total. The van der Waals surface area contributed by atoms with Gasteiger partial charge in [0.05, 0.1) is 6.04 Å². The fourth-order valence-electron chi connectivity index (χ4n) is 1.63. The average Bonchev–Trinajstić information content (AvgIpc) is 2.95. The first-order valence-electron chi connectivity index (χ1n) is 6.24. The summed E-state index contributed by atoms with van der Waals surface area (Å²) in [7, 11) is 0. The number of H-pyrrole nitrogens is 1. The predicted molar refractivity (Wildman–Crippen MR) is 68.8 cm³/mol. The largest absolute Gasteiger partial charge is 0.341 e. The highest BCUT2D eigenvalue weighted by Crippen LogP contribution is 2.04. The van der Waals surface area contributed by atoms with Gasteiger partial charge in [-0.25, -0.2) is 4.68 Å². The van der Waals surface area contributed by atoms with Crippen molar-refractivity contribution in [1.29, 1.82) is 0 Å². The number of aromatic nitrogens is 6.